The summed E-state index contributed by atoms with van der Waals surface area (Å²) in [5, 5.41) is 4.44. The van der Waals surface area contributed by atoms with E-state index in [1.807, 2.05) is 48.8 Å². The number of para-hydroxylation sites is 2. The van der Waals surface area contributed by atoms with Gasteiger partial charge in [0.15, 0.2) is 0 Å². The minimum atomic E-state index is 0. The van der Waals surface area contributed by atoms with E-state index >= 15 is 0 Å². The summed E-state index contributed by atoms with van der Waals surface area (Å²) in [5.41, 5.74) is 18.3. The molecule has 0 aliphatic heterocycles. The molecule has 0 spiro atoms. The standard InChI is InChI=1S/C33H30N2O.C33H29N2O.CH4.Ir/c2*1-21(2)27-19-25(23-10-6-5-7-11-23)20-28(22(3)4)32(27)35-17-16-34-33(35)24-14-15-31-29(18-24)26-12-8-9-13-30(26)36-31;;/h5-22H,1-4H3;5-13,15-22H,1-4H3;1H4;/q;-1;;. The molecule has 0 N–H and O–H groups in total. The van der Waals surface area contributed by atoms with E-state index in [-0.39, 0.29) is 27.5 Å². The summed E-state index contributed by atoms with van der Waals surface area (Å²) in [6, 6.07) is 61.0. The van der Waals surface area contributed by atoms with Crippen molar-refractivity contribution in [2.24, 2.45) is 0 Å². The van der Waals surface area contributed by atoms with Crippen LogP contribution in [0.5, 0.6) is 0 Å². The molecule has 0 saturated carbocycles. The van der Waals surface area contributed by atoms with Gasteiger partial charge in [-0.15, -0.1) is 23.8 Å². The summed E-state index contributed by atoms with van der Waals surface area (Å²) in [4.78, 5) is 9.66. The van der Waals surface area contributed by atoms with Gasteiger partial charge in [-0.05, 0) is 123 Å². The smallest absolute Gasteiger partial charge is 0.144 e. The number of hydrogen-bond donors (Lipinski definition) is 0. The Kier molecular flexibility index (Phi) is 14.9. The van der Waals surface area contributed by atoms with Crippen LogP contribution in [0, 0.1) is 6.07 Å². The van der Waals surface area contributed by atoms with E-state index < -0.39 is 0 Å². The van der Waals surface area contributed by atoms with Crippen molar-refractivity contribution in [3.63, 3.8) is 0 Å². The molecule has 0 atom stereocenters. The van der Waals surface area contributed by atoms with Crippen molar-refractivity contribution in [1.82, 2.24) is 19.1 Å². The minimum absolute atomic E-state index is 0. The summed E-state index contributed by atoms with van der Waals surface area (Å²) >= 11 is 0. The first-order valence-corrected chi connectivity index (χ1v) is 25.3. The molecule has 0 amide bonds. The van der Waals surface area contributed by atoms with E-state index in [4.69, 9.17) is 18.8 Å². The molecule has 4 aromatic heterocycles. The Morgan fingerprint density at radius 3 is 1.28 bits per heavy atom. The maximum Gasteiger partial charge on any atom is 0.144 e. The Morgan fingerprint density at radius 1 is 0.392 bits per heavy atom. The number of aromatic nitrogens is 4. The molecule has 8 aromatic carbocycles. The van der Waals surface area contributed by atoms with Crippen LogP contribution in [0.25, 0.3) is 100 Å². The second kappa shape index (κ2) is 21.5. The van der Waals surface area contributed by atoms with Crippen LogP contribution in [0.15, 0.2) is 197 Å². The van der Waals surface area contributed by atoms with Gasteiger partial charge >= 0.3 is 0 Å². The zero-order valence-corrected chi connectivity index (χ0v) is 45.0. The molecule has 74 heavy (non-hydrogen) atoms. The minimum Gasteiger partial charge on any atom is -0.500 e. The van der Waals surface area contributed by atoms with Crippen molar-refractivity contribution in [1.29, 1.82) is 0 Å². The van der Waals surface area contributed by atoms with Gasteiger partial charge in [0.2, 0.25) is 0 Å². The molecule has 12 rings (SSSR count). The zero-order valence-electron chi connectivity index (χ0n) is 42.6. The SMILES string of the molecule is C.CC(C)c1cc(-c2ccccc2)cc(C(C)C)c1-n1ccnc1-c1[c-]cc2oc3ccccc3c2c1.CC(C)c1cc(-c2ccccc2)cc(C(C)C)c1-n1ccnc1-c1ccc2oc3ccccc3c2c1.[Ir]. The fourth-order valence-corrected chi connectivity index (χ4v) is 10.3. The summed E-state index contributed by atoms with van der Waals surface area (Å²) in [7, 11) is 0. The first-order valence-electron chi connectivity index (χ1n) is 25.3. The summed E-state index contributed by atoms with van der Waals surface area (Å²) < 4.78 is 16.6. The van der Waals surface area contributed by atoms with Gasteiger partial charge in [-0.1, -0.05) is 165 Å². The number of rotatable bonds is 10. The van der Waals surface area contributed by atoms with Gasteiger partial charge in [-0.3, -0.25) is 9.55 Å². The van der Waals surface area contributed by atoms with E-state index in [2.05, 4.69) is 210 Å². The molecular formula is C67H63IrN4O2-. The molecular weight excluding hydrogens is 1080 g/mol. The van der Waals surface area contributed by atoms with Crippen molar-refractivity contribution < 1.29 is 28.9 Å². The monoisotopic (exact) mass is 1150 g/mol. The van der Waals surface area contributed by atoms with Gasteiger partial charge in [0.1, 0.15) is 22.6 Å². The Bertz CT molecular complexity index is 3580. The summed E-state index contributed by atoms with van der Waals surface area (Å²) in [6.45, 7) is 18.2. The largest absolute Gasteiger partial charge is 0.500 e. The average Bonchev–Trinajstić information content (AvgIpc) is 4.24. The number of nitrogens with zero attached hydrogens (tertiary/aromatic N) is 4. The van der Waals surface area contributed by atoms with Gasteiger partial charge in [0.05, 0.1) is 17.1 Å². The van der Waals surface area contributed by atoms with Gasteiger partial charge in [-0.2, -0.15) is 0 Å². The van der Waals surface area contributed by atoms with E-state index in [0.29, 0.717) is 23.7 Å². The Morgan fingerprint density at radius 2 is 0.797 bits per heavy atom. The topological polar surface area (TPSA) is 61.9 Å². The first kappa shape index (κ1) is 51.3. The molecule has 373 valence electrons. The molecule has 0 saturated heterocycles. The van der Waals surface area contributed by atoms with Gasteiger partial charge in [0, 0.05) is 72.3 Å². The van der Waals surface area contributed by atoms with Crippen molar-refractivity contribution in [3.8, 4) is 56.4 Å². The first-order chi connectivity index (χ1) is 35.0. The zero-order chi connectivity index (χ0) is 49.6. The van der Waals surface area contributed by atoms with Crippen molar-refractivity contribution in [2.45, 2.75) is 86.5 Å². The fraction of sp³-hybridized carbons (Fsp3) is 0.194. The maximum atomic E-state index is 6.07. The molecule has 0 bridgehead atoms. The number of hydrogen-bond acceptors (Lipinski definition) is 4. The predicted octanol–water partition coefficient (Wildman–Crippen LogP) is 19.1. The normalized spacial score (nSPS) is 11.5. The Labute approximate surface area is 449 Å². The predicted molar refractivity (Wildman–Crippen MR) is 305 cm³/mol. The number of furan rings is 2. The van der Waals surface area contributed by atoms with Gasteiger partial charge < -0.3 is 13.4 Å². The van der Waals surface area contributed by atoms with E-state index in [0.717, 1.165) is 66.7 Å². The van der Waals surface area contributed by atoms with Gasteiger partial charge in [-0.25, -0.2) is 4.98 Å². The van der Waals surface area contributed by atoms with Crippen molar-refractivity contribution >= 4 is 43.9 Å². The summed E-state index contributed by atoms with van der Waals surface area (Å²) in [5.74, 6) is 3.24. The molecule has 12 aromatic rings. The summed E-state index contributed by atoms with van der Waals surface area (Å²) in [6.07, 6.45) is 7.98. The molecule has 4 heterocycles. The molecule has 0 aliphatic carbocycles. The van der Waals surface area contributed by atoms with Crippen LogP contribution in [-0.4, -0.2) is 19.1 Å². The second-order valence-electron chi connectivity index (χ2n) is 20.1. The van der Waals surface area contributed by atoms with E-state index in [9.17, 15) is 0 Å². The van der Waals surface area contributed by atoms with E-state index in [1.54, 1.807) is 0 Å². The van der Waals surface area contributed by atoms with Crippen LogP contribution < -0.4 is 0 Å². The molecule has 1 radical (unpaired) electrons. The second-order valence-corrected chi connectivity index (χ2v) is 20.1. The average molecular weight is 1150 g/mol. The Balaban J connectivity index is 0.000000177. The van der Waals surface area contributed by atoms with Crippen LogP contribution in [0.1, 0.15) is 109 Å². The molecule has 7 heteroatoms. The van der Waals surface area contributed by atoms with Crippen LogP contribution in [0.3, 0.4) is 0 Å². The van der Waals surface area contributed by atoms with Crippen molar-refractivity contribution in [2.75, 3.05) is 0 Å². The van der Waals surface area contributed by atoms with Gasteiger partial charge in [0.25, 0.3) is 0 Å². The Hall–Kier alpha value is -7.57. The van der Waals surface area contributed by atoms with Crippen LogP contribution in [0.4, 0.5) is 0 Å². The molecule has 0 unspecified atom stereocenters. The fourth-order valence-electron chi connectivity index (χ4n) is 10.3. The molecule has 0 aliphatic rings. The quantitative estimate of drug-likeness (QED) is 0.128. The van der Waals surface area contributed by atoms with Crippen LogP contribution >= 0.6 is 0 Å². The van der Waals surface area contributed by atoms with Crippen LogP contribution in [0.2, 0.25) is 0 Å². The van der Waals surface area contributed by atoms with Crippen LogP contribution in [-0.2, 0) is 20.1 Å². The van der Waals surface area contributed by atoms with E-state index in [1.165, 1.54) is 55.9 Å². The third-order valence-electron chi connectivity index (χ3n) is 14.0. The number of fused-ring (bicyclic) bond motifs is 6. The maximum absolute atomic E-state index is 6.07. The number of benzene rings is 8. The molecule has 6 nitrogen and oxygen atoms in total. The third kappa shape index (κ3) is 9.59. The number of imidazole rings is 2. The van der Waals surface area contributed by atoms with Crippen molar-refractivity contribution in [3.05, 3.63) is 217 Å². The third-order valence-corrected chi connectivity index (χ3v) is 14.0. The molecule has 0 fully saturated rings.